The highest BCUT2D eigenvalue weighted by Crippen LogP contribution is 2.43. The first-order valence-corrected chi connectivity index (χ1v) is 39.0. The topological polar surface area (TPSA) is 195 Å². The van der Waals surface area contributed by atoms with Crippen LogP contribution in [0.15, 0.2) is 390 Å². The van der Waals surface area contributed by atoms with Crippen molar-refractivity contribution in [3.05, 3.63) is 400 Å². The summed E-state index contributed by atoms with van der Waals surface area (Å²) in [5.74, 6) is 0.0798. The number of rotatable bonds is 16. The van der Waals surface area contributed by atoms with Gasteiger partial charge in [0.1, 0.15) is 45.2 Å². The second kappa shape index (κ2) is 31.1. The second-order valence-electron chi connectivity index (χ2n) is 29.9. The zero-order chi connectivity index (χ0) is 78.2. The number of aromatic amines is 1. The molecule has 0 fully saturated rings. The number of aliphatic imine (C=N–C) groups is 7. The van der Waals surface area contributed by atoms with E-state index in [-0.39, 0.29) is 11.8 Å². The van der Waals surface area contributed by atoms with Gasteiger partial charge in [0.25, 0.3) is 0 Å². The Morgan fingerprint density at radius 2 is 0.730 bits per heavy atom. The maximum atomic E-state index is 11.9. The number of hydrogen-bond acceptors (Lipinski definition) is 9. The predicted molar refractivity (Wildman–Crippen MR) is 459 cm³/mol. The normalized spacial score (nSPS) is 18.1. The number of H-pyrrole nitrogens is 1. The summed E-state index contributed by atoms with van der Waals surface area (Å²) in [6.07, 6.45) is 67.7. The lowest BCUT2D eigenvalue weighted by molar-refractivity contribution is -0.671. The van der Waals surface area contributed by atoms with Crippen molar-refractivity contribution in [1.82, 2.24) is 14.8 Å². The van der Waals surface area contributed by atoms with Crippen molar-refractivity contribution in [2.45, 2.75) is 44.9 Å². The van der Waals surface area contributed by atoms with E-state index in [1.165, 1.54) is 0 Å². The van der Waals surface area contributed by atoms with Crippen LogP contribution in [0.25, 0.3) is 39.0 Å². The van der Waals surface area contributed by atoms with Crippen molar-refractivity contribution < 1.29 is 38.8 Å². The van der Waals surface area contributed by atoms with Crippen LogP contribution in [0.1, 0.15) is 89.7 Å². The van der Waals surface area contributed by atoms with Gasteiger partial charge in [0.15, 0.2) is 61.4 Å². The molecule has 0 radical (unpaired) electrons. The molecule has 11 aliphatic rings. The summed E-state index contributed by atoms with van der Waals surface area (Å²) in [5, 5.41) is 26.0. The van der Waals surface area contributed by atoms with Crippen molar-refractivity contribution >= 4 is 96.5 Å². The number of para-hydroxylation sites is 2. The van der Waals surface area contributed by atoms with Crippen LogP contribution in [0, 0.1) is 0 Å². The van der Waals surface area contributed by atoms with Gasteiger partial charge in [-0.1, -0.05) is 55.7 Å². The molecule has 0 amide bonds. The maximum Gasteiger partial charge on any atom is 0.218 e. The number of allylic oxidation sites excluding steroid dienone is 27. The molecular formula is C97H86N16O2+6. The van der Waals surface area contributed by atoms with Gasteiger partial charge < -0.3 is 25.0 Å². The number of nitrogens with zero attached hydrogens (tertiary/aromatic N) is 13. The number of aliphatic hydroxyl groups excluding tert-OH is 2. The van der Waals surface area contributed by atoms with Crippen molar-refractivity contribution in [3.8, 4) is 0 Å². The van der Waals surface area contributed by atoms with E-state index in [0.29, 0.717) is 48.5 Å². The second-order valence-corrected chi connectivity index (χ2v) is 29.9. The van der Waals surface area contributed by atoms with E-state index in [0.717, 1.165) is 188 Å². The molecule has 2 aromatic carbocycles. The summed E-state index contributed by atoms with van der Waals surface area (Å²) in [6, 6.07) is 37.2. The van der Waals surface area contributed by atoms with E-state index in [9.17, 15) is 10.2 Å². The summed E-state index contributed by atoms with van der Waals surface area (Å²) in [5.41, 5.74) is 29.6. The minimum absolute atomic E-state index is 0.0371. The van der Waals surface area contributed by atoms with Crippen LogP contribution >= 0.6 is 0 Å². The molecule has 18 rings (SSSR count). The fourth-order valence-electron chi connectivity index (χ4n) is 15.9. The van der Waals surface area contributed by atoms with Crippen LogP contribution in [0.5, 0.6) is 0 Å². The minimum Gasteiger partial charge on any atom is -0.496 e. The van der Waals surface area contributed by atoms with Crippen molar-refractivity contribution in [1.29, 1.82) is 0 Å². The van der Waals surface area contributed by atoms with E-state index >= 15 is 0 Å². The number of aryl methyl sites for hydroxylation is 4. The number of quaternary nitrogens is 1. The summed E-state index contributed by atoms with van der Waals surface area (Å²) >= 11 is 0. The molecule has 16 bridgehead atoms. The third-order valence-electron chi connectivity index (χ3n) is 21.8. The molecule has 0 atom stereocenters. The van der Waals surface area contributed by atoms with Crippen LogP contribution in [-0.2, 0) is 28.2 Å². The SMILES string of the molecule is CN1C=CC(=C2C3=CC=C([NH2+]3)C(c3cc[n+](C)cc3)=C3C=CC(=[NH+]3)C(c3cc[n+](C)cc3)=C3C=CC(=N3)C(c3ccccc3N=C(O)CCCCCCCC(O)=Nc3ccccc3C3=C4C=CC(=N4)C(c4cc[n+](C)cc4)=C4C=CC(=N4)C(=C4C=CN(C)C=C4)c4ccc([nH]4)C(c4cc[n+](C)cc4)=C4C=CC3=N4)=C3C=CC2=N3)C=C1. The molecule has 0 spiro atoms. The maximum absolute atomic E-state index is 11.9. The number of fused-ring (bicyclic) bond motifs is 10. The first-order valence-electron chi connectivity index (χ1n) is 39.0. The Hall–Kier alpha value is -14.4. The molecule has 115 heavy (non-hydrogen) atoms. The first-order chi connectivity index (χ1) is 56.2. The van der Waals surface area contributed by atoms with E-state index in [1.54, 1.807) is 0 Å². The van der Waals surface area contributed by atoms with Crippen molar-refractivity contribution in [2.75, 3.05) is 14.1 Å². The molecule has 18 heteroatoms. The summed E-state index contributed by atoms with van der Waals surface area (Å²) in [7, 11) is 12.1. The van der Waals surface area contributed by atoms with Gasteiger partial charge in [0.05, 0.1) is 79.6 Å². The number of unbranched alkanes of at least 4 members (excludes halogenated alkanes) is 4. The monoisotopic (exact) mass is 1510 g/mol. The van der Waals surface area contributed by atoms with Gasteiger partial charge in [0.2, 0.25) is 11.4 Å². The highest BCUT2D eigenvalue weighted by Gasteiger charge is 2.36. The van der Waals surface area contributed by atoms with Crippen LogP contribution in [-0.4, -0.2) is 85.2 Å². The van der Waals surface area contributed by atoms with Gasteiger partial charge in [-0.25, -0.2) is 58.2 Å². The van der Waals surface area contributed by atoms with Crippen LogP contribution in [0.4, 0.5) is 11.4 Å². The first kappa shape index (κ1) is 72.2. The number of benzene rings is 2. The number of nitrogens with one attached hydrogen (secondary N) is 2. The standard InChI is InChI=1S/C97H82N16O2/c1-108-50-38-62(39-51-108)90-72-22-26-76(98-72)92(64-42-54-110(3)55-43-64)80-30-34-84(102-80)96(85-35-31-81(103-85)93(77-27-23-73(90)99-77)65-44-56-111(4)57-45-65)68-16-12-14-18-70(68)106-88(114)20-10-8-7-9-11-21-89(115)107-71-19-15-13-17-69(71)97-86-36-32-82(104-86)94(66-46-58-112(5)59-47-66)78-28-24-74(100-78)91(63-40-52-109(2)53-41-63)75-25-29-79(101-75)95(83-33-37-87(97)105-83)67-48-60-113(6)61-49-67/h12-19,22-61H,7-11,20-21H2,1-6H3,(H2-2,98,99,100,101,102,103,104,105,106,107,114,115)/q+2/p+4. The Morgan fingerprint density at radius 3 is 1.21 bits per heavy atom. The molecule has 7 aromatic rings. The third-order valence-corrected chi connectivity index (χ3v) is 21.8. The number of nitrogens with two attached hydrogens (primary N) is 1. The molecule has 18 nitrogen and oxygen atoms in total. The zero-order valence-electron chi connectivity index (χ0n) is 64.9. The van der Waals surface area contributed by atoms with E-state index in [2.05, 4.69) is 258 Å². The fourth-order valence-corrected chi connectivity index (χ4v) is 15.9. The number of aromatic nitrogens is 5. The molecule has 0 unspecified atom stereocenters. The fraction of sp³-hybridized carbons (Fsp3) is 0.134. The highest BCUT2D eigenvalue weighted by molar-refractivity contribution is 6.39. The molecule has 0 aliphatic carbocycles. The summed E-state index contributed by atoms with van der Waals surface area (Å²) < 4.78 is 8.15. The Bertz CT molecular complexity index is 6250. The quantitative estimate of drug-likeness (QED) is 0.0278. The van der Waals surface area contributed by atoms with E-state index < -0.39 is 0 Å². The van der Waals surface area contributed by atoms with Crippen molar-refractivity contribution in [3.63, 3.8) is 0 Å². The largest absolute Gasteiger partial charge is 0.496 e. The van der Waals surface area contributed by atoms with Gasteiger partial charge in [-0.3, -0.25) is 5.32 Å². The smallest absolute Gasteiger partial charge is 0.218 e. The van der Waals surface area contributed by atoms with Crippen LogP contribution in [0.3, 0.4) is 0 Å². The van der Waals surface area contributed by atoms with E-state index in [1.807, 2.05) is 121 Å². The van der Waals surface area contributed by atoms with Gasteiger partial charge in [-0.15, -0.1) is 0 Å². The van der Waals surface area contributed by atoms with Gasteiger partial charge >= 0.3 is 0 Å². The molecule has 0 saturated carbocycles. The number of hydrogen-bond donors (Lipinski definition) is 5. The van der Waals surface area contributed by atoms with Crippen molar-refractivity contribution in [2.24, 2.45) is 63.1 Å². The van der Waals surface area contributed by atoms with Gasteiger partial charge in [-0.05, 0) is 144 Å². The number of aliphatic hydroxyl groups is 2. The zero-order valence-corrected chi connectivity index (χ0v) is 64.9. The molecule has 5 aromatic heterocycles. The Morgan fingerprint density at radius 1 is 0.374 bits per heavy atom. The average Bonchev–Trinajstić information content (AvgIpc) is 1.62. The lowest BCUT2D eigenvalue weighted by atomic mass is 9.97. The molecule has 16 heterocycles. The summed E-state index contributed by atoms with van der Waals surface area (Å²) in [4.78, 5) is 49.5. The Labute approximate surface area is 668 Å². The molecule has 11 aliphatic heterocycles. The molecule has 560 valence electrons. The average molecular weight is 1510 g/mol. The third kappa shape index (κ3) is 14.8. The van der Waals surface area contributed by atoms with Crippen LogP contribution < -0.4 is 28.6 Å². The number of pyridine rings is 4. The minimum atomic E-state index is 0.0371. The summed E-state index contributed by atoms with van der Waals surface area (Å²) in [6.45, 7) is 0. The van der Waals surface area contributed by atoms with Gasteiger partial charge in [-0.2, -0.15) is 0 Å². The lowest BCUT2D eigenvalue weighted by Gasteiger charge is -2.16. The predicted octanol–water partition coefficient (Wildman–Crippen LogP) is 13.5. The highest BCUT2D eigenvalue weighted by atomic mass is 16.3. The Kier molecular flexibility index (Phi) is 19.5. The Balaban J connectivity index is 0.621. The van der Waals surface area contributed by atoms with Gasteiger partial charge in [0, 0.05) is 186 Å². The lowest BCUT2D eigenvalue weighted by Crippen LogP contribution is -2.80. The van der Waals surface area contributed by atoms with E-state index in [4.69, 9.17) is 34.9 Å². The molecule has 6 N–H and O–H groups in total. The van der Waals surface area contributed by atoms with Crippen LogP contribution in [0.2, 0.25) is 0 Å². The molecular weight excluding hydrogens is 1420 g/mol. The molecule has 0 saturated heterocycles.